The molecule has 1 rings (SSSR count). The third-order valence-electron chi connectivity index (χ3n) is 2.75. The third-order valence-corrected chi connectivity index (χ3v) is 2.75. The van der Waals surface area contributed by atoms with E-state index in [0.717, 1.165) is 31.7 Å². The van der Waals surface area contributed by atoms with Crippen LogP contribution < -0.4 is 0 Å². The van der Waals surface area contributed by atoms with Crippen molar-refractivity contribution in [1.82, 2.24) is 0 Å². The molecule has 0 amide bonds. The van der Waals surface area contributed by atoms with Crippen LogP contribution in [0.15, 0.2) is 38.0 Å². The van der Waals surface area contributed by atoms with E-state index in [9.17, 15) is 28.8 Å². The minimum absolute atomic E-state index is 0. The Morgan fingerprint density at radius 2 is 1.12 bits per heavy atom. The van der Waals surface area contributed by atoms with Gasteiger partial charge >= 0.3 is 0 Å². The molecule has 0 spiro atoms. The number of aliphatic hydroxyl groups excluding tert-OH is 2. The monoisotopic (exact) mass is 945 g/mol. The van der Waals surface area contributed by atoms with Gasteiger partial charge in [0.15, 0.2) is 17.3 Å². The van der Waals surface area contributed by atoms with Crippen LogP contribution in [-0.4, -0.2) is 140 Å². The SMILES string of the molecule is C.C.C=CC(=O)COC.C=CC(=O)COC[C-]=O.C=CC(=O)COC[C-]=O.CC(O)CO[C-]=O.CC1CO1.O=[C-]O.O=[C-]O[C-]=O.[2HH].[B].[Y].[Y].[Y]. The van der Waals surface area contributed by atoms with E-state index in [1.807, 2.05) is 0 Å². The molecule has 6 radical (unpaired) electrons. The molecule has 2 atom stereocenters. The van der Waals surface area contributed by atoms with Gasteiger partial charge in [-0.1, -0.05) is 47.5 Å². The minimum atomic E-state index is -0.582. The Bertz CT molecular complexity index is 770. The molecule has 50 heavy (non-hydrogen) atoms. The van der Waals surface area contributed by atoms with Gasteiger partial charge in [0.25, 0.3) is 0 Å². The van der Waals surface area contributed by atoms with Gasteiger partial charge in [0, 0.05) is 115 Å². The van der Waals surface area contributed by atoms with Crippen molar-refractivity contribution in [3.63, 3.8) is 0 Å². The fraction of sp³-hybridized carbons (Fsp3) is 0.483. The number of hydrogen-bond acceptors (Lipinski definition) is 16. The Morgan fingerprint density at radius 1 is 0.820 bits per heavy atom. The average molecular weight is 945 g/mol. The minimum Gasteiger partial charge on any atom is -0.783 e. The van der Waals surface area contributed by atoms with Crippen LogP contribution in [0, 0.1) is 0 Å². The molecule has 21 heteroatoms. The molecule has 1 saturated heterocycles. The molecule has 17 nitrogen and oxygen atoms in total. The van der Waals surface area contributed by atoms with Crippen LogP contribution in [0.1, 0.15) is 30.1 Å². The molecule has 0 aromatic heterocycles. The molecule has 0 bridgehead atoms. The van der Waals surface area contributed by atoms with Gasteiger partial charge in [-0.2, -0.15) is 0 Å². The van der Waals surface area contributed by atoms with Gasteiger partial charge < -0.3 is 67.4 Å². The second kappa shape index (κ2) is 81.7. The summed E-state index contributed by atoms with van der Waals surface area (Å²) in [6.07, 6.45) is 6.51. The molecule has 282 valence electrons. The summed E-state index contributed by atoms with van der Waals surface area (Å²) in [5.41, 5.74) is 0. The third kappa shape index (κ3) is 137. The molecular weight excluding hydrogens is 898 g/mol. The van der Waals surface area contributed by atoms with Gasteiger partial charge in [0.2, 0.25) is 0 Å². The van der Waals surface area contributed by atoms with Crippen molar-refractivity contribution < 1.29 is 181 Å². The van der Waals surface area contributed by atoms with Crippen LogP contribution in [0.3, 0.4) is 0 Å². The van der Waals surface area contributed by atoms with Crippen LogP contribution >= 0.6 is 0 Å². The molecule has 2 N–H and O–H groups in total. The second-order valence-corrected chi connectivity index (χ2v) is 6.47. The largest absolute Gasteiger partial charge is 0.783 e. The Hall–Kier alpha value is -1.17. The average Bonchev–Trinajstić information content (AvgIpc) is 3.80. The Labute approximate surface area is 374 Å². The first kappa shape index (κ1) is 82.4. The van der Waals surface area contributed by atoms with Crippen molar-refractivity contribution in [2.75, 3.05) is 53.4 Å². The first-order valence-corrected chi connectivity index (χ1v) is 11.4. The van der Waals surface area contributed by atoms with Gasteiger partial charge in [-0.25, -0.2) is 12.6 Å². The van der Waals surface area contributed by atoms with Crippen LogP contribution in [0.4, 0.5) is 0 Å². The van der Waals surface area contributed by atoms with Gasteiger partial charge in [0.05, 0.1) is 25.4 Å². The number of carbonyl (C=O) groups excluding carboxylic acids is 8. The zero-order valence-electron chi connectivity index (χ0n) is 26.8. The molecule has 1 fully saturated rings. The summed E-state index contributed by atoms with van der Waals surface area (Å²) in [5, 5.41) is 15.1. The summed E-state index contributed by atoms with van der Waals surface area (Å²) >= 11 is 0. The number of ether oxygens (including phenoxy) is 6. The fourth-order valence-electron chi connectivity index (χ4n) is 0.973. The fourth-order valence-corrected chi connectivity index (χ4v) is 0.973. The molecule has 0 aromatic carbocycles. The summed E-state index contributed by atoms with van der Waals surface area (Å²) in [6, 6.07) is 0. The number of aliphatic hydroxyl groups is 1. The molecule has 0 saturated carbocycles. The van der Waals surface area contributed by atoms with E-state index in [2.05, 4.69) is 50.3 Å². The van der Waals surface area contributed by atoms with E-state index >= 15 is 0 Å². The molecule has 0 aliphatic carbocycles. The van der Waals surface area contributed by atoms with Crippen LogP contribution in [0.25, 0.3) is 0 Å². The number of methoxy groups -OCH3 is 1. The zero-order chi connectivity index (χ0) is 35.4. The predicted molar refractivity (Wildman–Crippen MR) is 171 cm³/mol. The summed E-state index contributed by atoms with van der Waals surface area (Å²) in [4.78, 5) is 84.8. The maximum atomic E-state index is 10.3. The molecule has 1 heterocycles. The topological polar surface area (TPSA) is 253 Å². The molecular formula is C29H46BO17Y3-6. The molecule has 2 unspecified atom stereocenters. The second-order valence-electron chi connectivity index (χ2n) is 6.47. The maximum Gasteiger partial charge on any atom is 0.180 e. The van der Waals surface area contributed by atoms with Gasteiger partial charge in [-0.05, 0) is 45.3 Å². The van der Waals surface area contributed by atoms with E-state index in [-0.39, 0.29) is 180 Å². The smallest absolute Gasteiger partial charge is 0.180 e. The van der Waals surface area contributed by atoms with E-state index < -0.39 is 6.10 Å². The summed E-state index contributed by atoms with van der Waals surface area (Å²) in [6.45, 7) is 17.3. The summed E-state index contributed by atoms with van der Waals surface area (Å²) in [7, 11) is 1.47. The van der Waals surface area contributed by atoms with Gasteiger partial charge in [-0.15, -0.1) is 12.9 Å². The normalized spacial score (nSPS) is 9.96. The van der Waals surface area contributed by atoms with Crippen molar-refractivity contribution in [2.45, 2.75) is 40.9 Å². The first-order chi connectivity index (χ1) is 20.9. The van der Waals surface area contributed by atoms with Crippen LogP contribution in [0.5, 0.6) is 0 Å². The van der Waals surface area contributed by atoms with Crippen molar-refractivity contribution >= 4 is 64.2 Å². The zero-order valence-corrected chi connectivity index (χ0v) is 35.3. The quantitative estimate of drug-likeness (QED) is 0.0453. The molecule has 0 aromatic rings. The van der Waals surface area contributed by atoms with Gasteiger partial charge in [-0.3, -0.25) is 14.4 Å². The molecule has 1 aliphatic rings. The van der Waals surface area contributed by atoms with Crippen molar-refractivity contribution in [3.8, 4) is 0 Å². The summed E-state index contributed by atoms with van der Waals surface area (Å²) in [5.74, 6) is -0.544. The van der Waals surface area contributed by atoms with Crippen molar-refractivity contribution in [1.29, 1.82) is 0 Å². The number of rotatable bonds is 18. The van der Waals surface area contributed by atoms with E-state index in [0.29, 0.717) is 12.6 Å². The van der Waals surface area contributed by atoms with Crippen molar-refractivity contribution in [3.05, 3.63) is 38.0 Å². The number of carbonyl (C=O) groups is 3. The van der Waals surface area contributed by atoms with Gasteiger partial charge in [0.1, 0.15) is 19.8 Å². The standard InChI is InChI=1S/2C6H7O3.C5H8O2.C4H7O3.C3H6O.C2O3.CHO2.2CH4.B.3Y.H2/c2*1-2-6(8)5-9-4-3-7;1-3-5(6)4-7-2;1-4(6)2-7-3-5;1-3-2-4-3;3-1-5-2-4;2-1-3;;;;;;;/h2*2H,1,4-5H2;3H,1,4H2,2H3;4,6H,2H2,1H3;3H,2H2,1H3;;(H,2,3);2*1H4;;;;;1H/q2*-1;;-1;;-2;-1;;;;;;;/i;;;;;;;;;;;;;1+1. The number of ketones is 3. The van der Waals surface area contributed by atoms with Crippen LogP contribution in [0.2, 0.25) is 0 Å². The van der Waals surface area contributed by atoms with E-state index in [4.69, 9.17) is 29.3 Å². The number of hydrogen-bond donors (Lipinski definition) is 2. The van der Waals surface area contributed by atoms with E-state index in [1.165, 1.54) is 39.2 Å². The Kier molecular flexibility index (Phi) is 135. The Morgan fingerprint density at radius 3 is 1.24 bits per heavy atom. The predicted octanol–water partition coefficient (Wildman–Crippen LogP) is -0.141. The van der Waals surface area contributed by atoms with Crippen molar-refractivity contribution in [2.24, 2.45) is 0 Å². The summed E-state index contributed by atoms with van der Waals surface area (Å²) < 4.78 is 25.4. The maximum absolute atomic E-state index is 10.3. The Balaban J connectivity index is -0.0000000300. The molecule has 1 aliphatic heterocycles. The number of epoxide rings is 1. The van der Waals surface area contributed by atoms with E-state index in [1.54, 1.807) is 0 Å². The first-order valence-electron chi connectivity index (χ1n) is 11.4. The van der Waals surface area contributed by atoms with Crippen LogP contribution in [-0.2, 0) is 170 Å².